The van der Waals surface area contributed by atoms with E-state index in [-0.39, 0.29) is 11.4 Å². The number of benzene rings is 1. The molecule has 0 aliphatic heterocycles. The molecule has 0 saturated carbocycles. The average Bonchev–Trinajstić information content (AvgIpc) is 2.83. The molecule has 0 spiro atoms. The minimum absolute atomic E-state index is 0.00667. The summed E-state index contributed by atoms with van der Waals surface area (Å²) in [5.74, 6) is -0.279. The summed E-state index contributed by atoms with van der Waals surface area (Å²) >= 11 is 0. The molecule has 88 valence electrons. The Bertz CT molecular complexity index is 639. The van der Waals surface area contributed by atoms with E-state index >= 15 is 0 Å². The Balaban J connectivity index is 2.19. The van der Waals surface area contributed by atoms with E-state index in [9.17, 15) is 9.18 Å². The van der Waals surface area contributed by atoms with Gasteiger partial charge >= 0.3 is 0 Å². The van der Waals surface area contributed by atoms with Crippen LogP contribution in [0.1, 0.15) is 23.2 Å². The first-order chi connectivity index (χ1) is 8.16. The zero-order chi connectivity index (χ0) is 12.0. The number of nitrogens with zero attached hydrogens (tertiary/aromatic N) is 1. The van der Waals surface area contributed by atoms with E-state index in [1.165, 1.54) is 16.8 Å². The van der Waals surface area contributed by atoms with E-state index < -0.39 is 0 Å². The van der Waals surface area contributed by atoms with Crippen molar-refractivity contribution < 1.29 is 4.39 Å². The van der Waals surface area contributed by atoms with Gasteiger partial charge in [-0.1, -0.05) is 0 Å². The third-order valence-electron chi connectivity index (χ3n) is 3.33. The summed E-state index contributed by atoms with van der Waals surface area (Å²) in [6.45, 7) is 1.80. The lowest BCUT2D eigenvalue weighted by Crippen LogP contribution is -2.18. The molecule has 0 saturated heterocycles. The van der Waals surface area contributed by atoms with Gasteiger partial charge in [-0.25, -0.2) is 9.07 Å². The Hall–Kier alpha value is -1.84. The summed E-state index contributed by atoms with van der Waals surface area (Å²) in [6, 6.07) is 4.45. The first-order valence-corrected chi connectivity index (χ1v) is 5.76. The number of rotatable bonds is 1. The molecule has 0 fully saturated rings. The first kappa shape index (κ1) is 10.3. The lowest BCUT2D eigenvalue weighted by molar-refractivity contribution is 0.625. The second-order valence-corrected chi connectivity index (χ2v) is 4.49. The molecule has 0 bridgehead atoms. The predicted molar refractivity (Wildman–Crippen MR) is 63.1 cm³/mol. The smallest absolute Gasteiger partial charge is 0.274 e. The van der Waals surface area contributed by atoms with Crippen molar-refractivity contribution in [1.82, 2.24) is 9.78 Å². The van der Waals surface area contributed by atoms with Crippen LogP contribution in [0, 0.1) is 12.7 Å². The largest absolute Gasteiger partial charge is 0.295 e. The maximum Gasteiger partial charge on any atom is 0.274 e. The van der Waals surface area contributed by atoms with E-state index in [2.05, 4.69) is 5.10 Å². The van der Waals surface area contributed by atoms with Crippen molar-refractivity contribution in [3.8, 4) is 5.69 Å². The van der Waals surface area contributed by atoms with Gasteiger partial charge in [0.15, 0.2) is 0 Å². The second-order valence-electron chi connectivity index (χ2n) is 4.49. The van der Waals surface area contributed by atoms with Crippen LogP contribution in [0.4, 0.5) is 4.39 Å². The van der Waals surface area contributed by atoms with Gasteiger partial charge < -0.3 is 0 Å². The van der Waals surface area contributed by atoms with Crippen LogP contribution in [0.2, 0.25) is 0 Å². The number of aromatic nitrogens is 2. The number of hydrogen-bond donors (Lipinski definition) is 1. The molecule has 1 N–H and O–H groups in total. The van der Waals surface area contributed by atoms with Gasteiger partial charge in [-0.15, -0.1) is 0 Å². The molecule has 1 aromatic carbocycles. The molecule has 3 nitrogen and oxygen atoms in total. The van der Waals surface area contributed by atoms with Crippen molar-refractivity contribution in [1.29, 1.82) is 0 Å². The normalized spacial score (nSPS) is 14.0. The quantitative estimate of drug-likeness (QED) is 0.803. The molecule has 0 amide bonds. The Labute approximate surface area is 97.9 Å². The van der Waals surface area contributed by atoms with E-state index in [1.807, 2.05) is 0 Å². The van der Waals surface area contributed by atoms with Gasteiger partial charge in [0.25, 0.3) is 5.56 Å². The number of nitrogens with one attached hydrogen (secondary N) is 1. The Morgan fingerprint density at radius 2 is 2.18 bits per heavy atom. The fourth-order valence-corrected chi connectivity index (χ4v) is 2.46. The maximum atomic E-state index is 13.0. The van der Waals surface area contributed by atoms with Crippen molar-refractivity contribution in [2.45, 2.75) is 26.2 Å². The molecule has 1 aliphatic rings. The third kappa shape index (κ3) is 1.52. The summed E-state index contributed by atoms with van der Waals surface area (Å²) < 4.78 is 14.6. The Kier molecular flexibility index (Phi) is 2.18. The Morgan fingerprint density at radius 3 is 2.88 bits per heavy atom. The van der Waals surface area contributed by atoms with Crippen molar-refractivity contribution in [2.75, 3.05) is 0 Å². The highest BCUT2D eigenvalue weighted by Gasteiger charge is 2.20. The van der Waals surface area contributed by atoms with Gasteiger partial charge in [-0.2, -0.15) is 0 Å². The molecule has 3 rings (SSSR count). The average molecular weight is 232 g/mol. The molecule has 1 aromatic heterocycles. The number of H-pyrrole nitrogens is 1. The Morgan fingerprint density at radius 1 is 1.35 bits per heavy atom. The molecular formula is C13H13FN2O. The fourth-order valence-electron chi connectivity index (χ4n) is 2.46. The molecule has 1 aliphatic carbocycles. The minimum Gasteiger partial charge on any atom is -0.295 e. The van der Waals surface area contributed by atoms with Crippen LogP contribution < -0.4 is 5.56 Å². The summed E-state index contributed by atoms with van der Waals surface area (Å²) in [7, 11) is 0. The number of hydrogen-bond acceptors (Lipinski definition) is 1. The van der Waals surface area contributed by atoms with Gasteiger partial charge in [0.2, 0.25) is 0 Å². The lowest BCUT2D eigenvalue weighted by atomic mass is 10.2. The highest BCUT2D eigenvalue weighted by molar-refractivity contribution is 5.41. The number of aromatic amines is 1. The van der Waals surface area contributed by atoms with E-state index in [0.717, 1.165) is 41.8 Å². The van der Waals surface area contributed by atoms with Crippen molar-refractivity contribution in [3.63, 3.8) is 0 Å². The first-order valence-electron chi connectivity index (χ1n) is 5.76. The van der Waals surface area contributed by atoms with Crippen LogP contribution in [0.15, 0.2) is 23.0 Å². The summed E-state index contributed by atoms with van der Waals surface area (Å²) in [5, 5.41) is 3.12. The molecule has 17 heavy (non-hydrogen) atoms. The molecule has 1 heterocycles. The van der Waals surface area contributed by atoms with Gasteiger partial charge in [0.1, 0.15) is 5.82 Å². The van der Waals surface area contributed by atoms with Gasteiger partial charge in [0.05, 0.1) is 5.69 Å². The second kappa shape index (κ2) is 3.58. The predicted octanol–water partition coefficient (Wildman–Crippen LogP) is 2.10. The zero-order valence-electron chi connectivity index (χ0n) is 9.59. The van der Waals surface area contributed by atoms with Crippen LogP contribution in [-0.4, -0.2) is 9.78 Å². The summed E-state index contributed by atoms with van der Waals surface area (Å²) in [5.41, 5.74) is 3.40. The number of fused-ring (bicyclic) bond motifs is 1. The highest BCUT2D eigenvalue weighted by Crippen LogP contribution is 2.19. The van der Waals surface area contributed by atoms with E-state index in [4.69, 9.17) is 0 Å². The minimum atomic E-state index is -0.279. The summed E-state index contributed by atoms with van der Waals surface area (Å²) in [4.78, 5) is 12.1. The third-order valence-corrected chi connectivity index (χ3v) is 3.33. The van der Waals surface area contributed by atoms with Crippen LogP contribution >= 0.6 is 0 Å². The molecule has 2 aromatic rings. The van der Waals surface area contributed by atoms with Crippen molar-refractivity contribution in [3.05, 3.63) is 51.2 Å². The number of halogens is 1. The van der Waals surface area contributed by atoms with Gasteiger partial charge in [-0.05, 0) is 49.9 Å². The van der Waals surface area contributed by atoms with Crippen LogP contribution in [-0.2, 0) is 12.8 Å². The monoisotopic (exact) mass is 232 g/mol. The van der Waals surface area contributed by atoms with Gasteiger partial charge in [0, 0.05) is 11.3 Å². The van der Waals surface area contributed by atoms with Crippen molar-refractivity contribution in [2.24, 2.45) is 0 Å². The standard InChI is InChI=1S/C13H13FN2O/c1-8-7-9(14)5-6-12(8)16-13(17)10-3-2-4-11(10)15-16/h5-7,15H,2-4H2,1H3. The highest BCUT2D eigenvalue weighted by atomic mass is 19.1. The molecule has 0 radical (unpaired) electrons. The fraction of sp³-hybridized carbons (Fsp3) is 0.308. The van der Waals surface area contributed by atoms with E-state index in [1.54, 1.807) is 13.0 Å². The molecule has 0 unspecified atom stereocenters. The van der Waals surface area contributed by atoms with Gasteiger partial charge in [-0.3, -0.25) is 9.89 Å². The molecule has 4 heteroatoms. The number of aryl methyl sites for hydroxylation is 2. The topological polar surface area (TPSA) is 37.8 Å². The van der Waals surface area contributed by atoms with Crippen LogP contribution in [0.5, 0.6) is 0 Å². The molecule has 0 atom stereocenters. The van der Waals surface area contributed by atoms with Crippen LogP contribution in [0.25, 0.3) is 5.69 Å². The van der Waals surface area contributed by atoms with Crippen LogP contribution in [0.3, 0.4) is 0 Å². The lowest BCUT2D eigenvalue weighted by Gasteiger charge is -2.06. The maximum absolute atomic E-state index is 13.0. The zero-order valence-corrected chi connectivity index (χ0v) is 9.59. The summed E-state index contributed by atoms with van der Waals surface area (Å²) in [6.07, 6.45) is 2.81. The van der Waals surface area contributed by atoms with Crippen molar-refractivity contribution >= 4 is 0 Å². The molecular weight excluding hydrogens is 219 g/mol. The van der Waals surface area contributed by atoms with E-state index in [0.29, 0.717) is 0 Å². The SMILES string of the molecule is Cc1cc(F)ccc1-n1[nH]c2c(c1=O)CCC2.